The first kappa shape index (κ1) is 24.3. The standard InChI is InChI=1S/C33H33FN4O2/c34-33-18-32(19-33,20-33)29(39)38(26-3-1-2-25(16-26)23-6-4-22(17-35)5-7-23)21-30-10-13-31(14-11-30,15-12-30)28-36-27(37-40-28)24-8-9-24/h1-7,16,24H,8-15,18-21H2. The van der Waals surface area contributed by atoms with Gasteiger partial charge >= 0.3 is 0 Å². The molecule has 0 atom stereocenters. The number of halogens is 1. The summed E-state index contributed by atoms with van der Waals surface area (Å²) in [6.45, 7) is 0.664. The van der Waals surface area contributed by atoms with Gasteiger partial charge in [-0.25, -0.2) is 4.39 Å². The first-order valence-corrected chi connectivity index (χ1v) is 14.8. The number of fused-ring (bicyclic) bond motifs is 3. The van der Waals surface area contributed by atoms with Crippen LogP contribution in [0.3, 0.4) is 0 Å². The van der Waals surface area contributed by atoms with Gasteiger partial charge in [0, 0.05) is 23.6 Å². The molecule has 7 aliphatic carbocycles. The monoisotopic (exact) mass is 536 g/mol. The van der Waals surface area contributed by atoms with Crippen LogP contribution in [-0.2, 0) is 10.2 Å². The Labute approximate surface area is 233 Å². The molecule has 40 heavy (non-hydrogen) atoms. The van der Waals surface area contributed by atoms with Crippen molar-refractivity contribution in [1.29, 1.82) is 5.26 Å². The van der Waals surface area contributed by atoms with Crippen molar-refractivity contribution in [3.8, 4) is 17.2 Å². The van der Waals surface area contributed by atoms with Crippen LogP contribution in [-0.4, -0.2) is 28.3 Å². The second-order valence-electron chi connectivity index (χ2n) is 13.6. The number of nitrogens with zero attached hydrogens (tertiary/aromatic N) is 4. The van der Waals surface area contributed by atoms with E-state index in [0.717, 1.165) is 79.9 Å². The van der Waals surface area contributed by atoms with E-state index in [4.69, 9.17) is 9.51 Å². The van der Waals surface area contributed by atoms with Crippen molar-refractivity contribution in [2.75, 3.05) is 11.4 Å². The molecule has 204 valence electrons. The highest BCUT2D eigenvalue weighted by molar-refractivity contribution is 6.00. The van der Waals surface area contributed by atoms with Crippen LogP contribution in [0.15, 0.2) is 53.1 Å². The van der Waals surface area contributed by atoms with Crippen molar-refractivity contribution in [2.45, 2.75) is 87.6 Å². The summed E-state index contributed by atoms with van der Waals surface area (Å²) in [7, 11) is 0. The second kappa shape index (κ2) is 8.25. The molecule has 1 aromatic heterocycles. The minimum atomic E-state index is -1.12. The smallest absolute Gasteiger partial charge is 0.233 e. The van der Waals surface area contributed by atoms with Crippen LogP contribution in [0.25, 0.3) is 11.1 Å². The number of hydrogen-bond acceptors (Lipinski definition) is 5. The summed E-state index contributed by atoms with van der Waals surface area (Å²) in [4.78, 5) is 21.0. The normalized spacial score (nSPS) is 33.5. The molecule has 1 heterocycles. The molecule has 7 aliphatic rings. The van der Waals surface area contributed by atoms with Crippen molar-refractivity contribution in [3.63, 3.8) is 0 Å². The average Bonchev–Trinajstić information content (AvgIpc) is 3.70. The van der Waals surface area contributed by atoms with E-state index < -0.39 is 11.1 Å². The highest BCUT2D eigenvalue weighted by atomic mass is 19.1. The molecule has 6 nitrogen and oxygen atoms in total. The maximum absolute atomic E-state index is 14.5. The van der Waals surface area contributed by atoms with Gasteiger partial charge < -0.3 is 9.42 Å². The van der Waals surface area contributed by atoms with Crippen LogP contribution >= 0.6 is 0 Å². The van der Waals surface area contributed by atoms with E-state index in [1.54, 1.807) is 0 Å². The van der Waals surface area contributed by atoms with Gasteiger partial charge in [0.05, 0.1) is 17.0 Å². The van der Waals surface area contributed by atoms with E-state index in [2.05, 4.69) is 17.3 Å². The lowest BCUT2D eigenvalue weighted by Gasteiger charge is -2.65. The molecule has 0 N–H and O–H groups in total. The van der Waals surface area contributed by atoms with Crippen LogP contribution in [0.5, 0.6) is 0 Å². The summed E-state index contributed by atoms with van der Waals surface area (Å²) < 4.78 is 20.4. The number of anilines is 1. The Balaban J connectivity index is 1.07. The highest BCUT2D eigenvalue weighted by Crippen LogP contribution is 2.70. The number of rotatable bonds is 7. The summed E-state index contributed by atoms with van der Waals surface area (Å²) in [6.07, 6.45) is 9.49. The van der Waals surface area contributed by atoms with Crippen molar-refractivity contribution >= 4 is 11.6 Å². The van der Waals surface area contributed by atoms with Crippen LogP contribution in [0.2, 0.25) is 0 Å². The summed E-state index contributed by atoms with van der Waals surface area (Å²) in [6, 6.07) is 17.9. The fourth-order valence-electron chi connectivity index (χ4n) is 8.16. The molecule has 0 radical (unpaired) electrons. The van der Waals surface area contributed by atoms with Gasteiger partial charge in [-0.2, -0.15) is 10.2 Å². The lowest BCUT2D eigenvalue weighted by atomic mass is 9.41. The molecule has 0 spiro atoms. The molecule has 10 rings (SSSR count). The van der Waals surface area contributed by atoms with E-state index >= 15 is 0 Å². The largest absolute Gasteiger partial charge is 0.339 e. The molecule has 2 aromatic carbocycles. The number of aromatic nitrogens is 2. The number of nitriles is 1. The Hall–Kier alpha value is -3.53. The fourth-order valence-corrected chi connectivity index (χ4v) is 8.16. The average molecular weight is 537 g/mol. The Morgan fingerprint density at radius 3 is 2.33 bits per heavy atom. The third-order valence-electron chi connectivity index (χ3n) is 10.9. The molecular weight excluding hydrogens is 503 g/mol. The molecular formula is C33H33FN4O2. The Morgan fingerprint density at radius 2 is 1.70 bits per heavy atom. The number of carbonyl (C=O) groups excluding carboxylic acids is 1. The first-order valence-electron chi connectivity index (χ1n) is 14.8. The maximum Gasteiger partial charge on any atom is 0.233 e. The topological polar surface area (TPSA) is 83.0 Å². The van der Waals surface area contributed by atoms with Gasteiger partial charge in [0.15, 0.2) is 5.82 Å². The molecule has 7 saturated carbocycles. The van der Waals surface area contributed by atoms with Crippen LogP contribution < -0.4 is 4.90 Å². The summed E-state index contributed by atoms with van der Waals surface area (Å²) in [5.74, 6) is 2.29. The second-order valence-corrected chi connectivity index (χ2v) is 13.6. The van der Waals surface area contributed by atoms with Gasteiger partial charge in [-0.15, -0.1) is 0 Å². The predicted molar refractivity (Wildman–Crippen MR) is 147 cm³/mol. The minimum absolute atomic E-state index is 0.0271. The molecule has 0 unspecified atom stereocenters. The van der Waals surface area contributed by atoms with Crippen LogP contribution in [0.1, 0.15) is 93.8 Å². The summed E-state index contributed by atoms with van der Waals surface area (Å²) in [5.41, 5.74) is 1.87. The lowest BCUT2D eigenvalue weighted by Crippen LogP contribution is -2.71. The SMILES string of the molecule is N#Cc1ccc(-c2cccc(N(CC34CCC(c5nc(C6CC6)no5)(CC3)CC4)C(=O)C34CC(F)(C3)C4)c2)cc1. The fraction of sp³-hybridized carbons (Fsp3) is 0.515. The van der Waals surface area contributed by atoms with Gasteiger partial charge in [-0.05, 0) is 111 Å². The Kier molecular flexibility index (Phi) is 5.01. The zero-order valence-corrected chi connectivity index (χ0v) is 22.7. The zero-order valence-electron chi connectivity index (χ0n) is 22.7. The zero-order chi connectivity index (χ0) is 27.2. The van der Waals surface area contributed by atoms with Crippen molar-refractivity contribution in [1.82, 2.24) is 10.1 Å². The third-order valence-corrected chi connectivity index (χ3v) is 10.9. The molecule has 0 saturated heterocycles. The van der Waals surface area contributed by atoms with Crippen LogP contribution in [0.4, 0.5) is 10.1 Å². The quantitative estimate of drug-likeness (QED) is 0.325. The van der Waals surface area contributed by atoms with Gasteiger partial charge in [-0.1, -0.05) is 29.4 Å². The molecule has 7 heteroatoms. The number of benzene rings is 2. The third kappa shape index (κ3) is 3.68. The summed E-state index contributed by atoms with van der Waals surface area (Å²) >= 11 is 0. The Bertz CT molecular complexity index is 1500. The number of hydrogen-bond donors (Lipinski definition) is 0. The summed E-state index contributed by atoms with van der Waals surface area (Å²) in [5, 5.41) is 13.5. The molecule has 1 amide bonds. The van der Waals surface area contributed by atoms with Crippen molar-refractivity contribution < 1.29 is 13.7 Å². The molecule has 3 aromatic rings. The number of amides is 1. The highest BCUT2D eigenvalue weighted by Gasteiger charge is 2.73. The predicted octanol–water partition coefficient (Wildman–Crippen LogP) is 7.00. The van der Waals surface area contributed by atoms with Crippen molar-refractivity contribution in [2.24, 2.45) is 10.8 Å². The van der Waals surface area contributed by atoms with E-state index in [1.165, 1.54) is 0 Å². The lowest BCUT2D eigenvalue weighted by molar-refractivity contribution is -0.211. The minimum Gasteiger partial charge on any atom is -0.339 e. The molecule has 7 fully saturated rings. The van der Waals surface area contributed by atoms with Crippen LogP contribution in [0, 0.1) is 22.2 Å². The molecule has 0 aliphatic heterocycles. The van der Waals surface area contributed by atoms with Crippen molar-refractivity contribution in [3.05, 3.63) is 65.8 Å². The number of alkyl halides is 1. The van der Waals surface area contributed by atoms with Gasteiger partial charge in [-0.3, -0.25) is 4.79 Å². The van der Waals surface area contributed by atoms with E-state index in [9.17, 15) is 14.4 Å². The maximum atomic E-state index is 14.5. The first-order chi connectivity index (χ1) is 19.3. The number of carbonyl (C=O) groups is 1. The van der Waals surface area contributed by atoms with Gasteiger partial charge in [0.25, 0.3) is 0 Å². The Morgan fingerprint density at radius 1 is 1.00 bits per heavy atom. The van der Waals surface area contributed by atoms with E-state index in [0.29, 0.717) is 37.3 Å². The van der Waals surface area contributed by atoms with E-state index in [-0.39, 0.29) is 16.7 Å². The van der Waals surface area contributed by atoms with Gasteiger partial charge in [0.1, 0.15) is 5.67 Å². The van der Waals surface area contributed by atoms with Gasteiger partial charge in [0.2, 0.25) is 11.8 Å². The molecule has 4 bridgehead atoms. The van der Waals surface area contributed by atoms with E-state index in [1.807, 2.05) is 47.4 Å².